The Labute approximate surface area is 234 Å². The topological polar surface area (TPSA) is 134 Å². The van der Waals surface area contributed by atoms with Crippen LogP contribution in [0.5, 0.6) is 5.75 Å². The van der Waals surface area contributed by atoms with E-state index in [1.807, 2.05) is 60.7 Å². The zero-order valence-electron chi connectivity index (χ0n) is 22.9. The van der Waals surface area contributed by atoms with Crippen molar-refractivity contribution in [2.75, 3.05) is 31.6 Å². The molecule has 4 rings (SSSR count). The number of hydrogen-bond donors (Lipinski definition) is 4. The molecule has 5 N–H and O–H groups in total. The van der Waals surface area contributed by atoms with Crippen LogP contribution in [0.25, 0.3) is 10.8 Å². The van der Waals surface area contributed by atoms with E-state index in [0.717, 1.165) is 46.2 Å². The lowest BCUT2D eigenvalue weighted by atomic mass is 10.0. The van der Waals surface area contributed by atoms with E-state index in [9.17, 15) is 19.5 Å². The van der Waals surface area contributed by atoms with Crippen molar-refractivity contribution in [3.8, 4) is 5.75 Å². The number of hydrogen-bond acceptors (Lipinski definition) is 6. The molecule has 1 heterocycles. The Hall–Kier alpha value is -3.95. The number of fused-ring (bicyclic) bond motifs is 2. The van der Waals surface area contributed by atoms with E-state index in [1.165, 1.54) is 0 Å². The van der Waals surface area contributed by atoms with Crippen molar-refractivity contribution < 1.29 is 24.2 Å². The summed E-state index contributed by atoms with van der Waals surface area (Å²) < 4.78 is 5.51. The minimum atomic E-state index is -0.867. The summed E-state index contributed by atoms with van der Waals surface area (Å²) in [5, 5.41) is 17.5. The molecule has 0 saturated heterocycles. The summed E-state index contributed by atoms with van der Waals surface area (Å²) >= 11 is 0. The Balaban J connectivity index is 1.41. The number of ether oxygens (including phenoxy) is 1. The molecule has 212 valence electrons. The molecule has 1 aliphatic rings. The molecule has 0 aromatic heterocycles. The van der Waals surface area contributed by atoms with Gasteiger partial charge in [-0.3, -0.25) is 14.4 Å². The lowest BCUT2D eigenvalue weighted by molar-refractivity contribution is -0.129. The maximum absolute atomic E-state index is 13.0. The fraction of sp³-hybridized carbons (Fsp3) is 0.387. The number of amides is 3. The molecule has 3 aromatic carbocycles. The number of nitrogens with zero attached hydrogens (tertiary/aromatic N) is 1. The van der Waals surface area contributed by atoms with Crippen LogP contribution >= 0.6 is 0 Å². The predicted molar refractivity (Wildman–Crippen MR) is 155 cm³/mol. The molecule has 0 bridgehead atoms. The number of carbonyl (C=O) groups excluding carboxylic acids is 3. The third-order valence-corrected chi connectivity index (χ3v) is 7.21. The minimum absolute atomic E-state index is 0.000628. The van der Waals surface area contributed by atoms with E-state index >= 15 is 0 Å². The van der Waals surface area contributed by atoms with Crippen LogP contribution < -0.4 is 26.0 Å². The van der Waals surface area contributed by atoms with Gasteiger partial charge >= 0.3 is 0 Å². The number of benzene rings is 3. The van der Waals surface area contributed by atoms with Gasteiger partial charge in [0, 0.05) is 44.5 Å². The molecule has 3 aromatic rings. The van der Waals surface area contributed by atoms with E-state index < -0.39 is 18.1 Å². The van der Waals surface area contributed by atoms with E-state index in [2.05, 4.69) is 10.6 Å². The first-order valence-electron chi connectivity index (χ1n) is 13.8. The number of nitrogens with two attached hydrogens (primary N) is 1. The second kappa shape index (κ2) is 13.9. The largest absolute Gasteiger partial charge is 0.496 e. The Morgan fingerprint density at radius 2 is 1.88 bits per heavy atom. The SMILES string of the molecule is COc1cccc2c1CCCC(=O)N2CCCC(=O)NC(Cc1ccc2ccccc2c1)C(=O)NC[C@H](O)CN. The number of nitrogens with one attached hydrogen (secondary N) is 2. The third-order valence-electron chi connectivity index (χ3n) is 7.21. The highest BCUT2D eigenvalue weighted by Gasteiger charge is 2.25. The summed E-state index contributed by atoms with van der Waals surface area (Å²) in [6, 6.07) is 18.7. The van der Waals surface area contributed by atoms with Crippen LogP contribution in [0, 0.1) is 0 Å². The first kappa shape index (κ1) is 29.0. The van der Waals surface area contributed by atoms with E-state index in [0.29, 0.717) is 25.8 Å². The fourth-order valence-electron chi connectivity index (χ4n) is 5.08. The van der Waals surface area contributed by atoms with Crippen LogP contribution in [-0.2, 0) is 27.2 Å². The Bertz CT molecular complexity index is 1340. The van der Waals surface area contributed by atoms with E-state index in [-0.39, 0.29) is 31.3 Å². The average Bonchev–Trinajstić information content (AvgIpc) is 3.13. The van der Waals surface area contributed by atoms with Crippen LogP contribution in [0.15, 0.2) is 60.7 Å². The molecule has 1 aliphatic heterocycles. The molecular weight excluding hydrogens is 508 g/mol. The lowest BCUT2D eigenvalue weighted by Crippen LogP contribution is -2.50. The Morgan fingerprint density at radius 1 is 1.07 bits per heavy atom. The molecule has 9 nitrogen and oxygen atoms in total. The van der Waals surface area contributed by atoms with Gasteiger partial charge in [0.05, 0.1) is 18.9 Å². The fourth-order valence-corrected chi connectivity index (χ4v) is 5.08. The zero-order chi connectivity index (χ0) is 28.5. The number of anilines is 1. The van der Waals surface area contributed by atoms with Gasteiger partial charge in [0.15, 0.2) is 0 Å². The second-order valence-electron chi connectivity index (χ2n) is 10.1. The molecular formula is C31H38N4O5. The maximum atomic E-state index is 13.0. The number of rotatable bonds is 12. The number of aliphatic hydroxyl groups excluding tert-OH is 1. The maximum Gasteiger partial charge on any atom is 0.243 e. The van der Waals surface area contributed by atoms with Crippen molar-refractivity contribution in [2.24, 2.45) is 5.73 Å². The Morgan fingerprint density at radius 3 is 2.65 bits per heavy atom. The summed E-state index contributed by atoms with van der Waals surface area (Å²) in [5.41, 5.74) is 8.20. The van der Waals surface area contributed by atoms with Gasteiger partial charge in [0.25, 0.3) is 0 Å². The second-order valence-corrected chi connectivity index (χ2v) is 10.1. The molecule has 3 amide bonds. The molecule has 0 aliphatic carbocycles. The molecule has 0 spiro atoms. The number of carbonyl (C=O) groups is 3. The van der Waals surface area contributed by atoms with Crippen LogP contribution in [0.1, 0.15) is 36.8 Å². The summed E-state index contributed by atoms with van der Waals surface area (Å²) in [5.74, 6) is 0.114. The molecule has 0 fully saturated rings. The van der Waals surface area contributed by atoms with Crippen molar-refractivity contribution in [3.63, 3.8) is 0 Å². The van der Waals surface area contributed by atoms with E-state index in [1.54, 1.807) is 12.0 Å². The summed E-state index contributed by atoms with van der Waals surface area (Å²) in [7, 11) is 1.62. The summed E-state index contributed by atoms with van der Waals surface area (Å²) in [4.78, 5) is 40.6. The van der Waals surface area contributed by atoms with Gasteiger partial charge in [-0.1, -0.05) is 48.5 Å². The quantitative estimate of drug-likeness (QED) is 0.276. The molecule has 1 unspecified atom stereocenters. The predicted octanol–water partition coefficient (Wildman–Crippen LogP) is 2.46. The molecule has 40 heavy (non-hydrogen) atoms. The highest BCUT2D eigenvalue weighted by Crippen LogP contribution is 2.34. The van der Waals surface area contributed by atoms with Gasteiger partial charge in [0.2, 0.25) is 17.7 Å². The standard InChI is InChI=1S/C31H38N4O5/c1-40-28-11-5-10-27-25(28)9-4-13-30(38)35(27)16-6-12-29(37)34-26(31(39)33-20-24(36)19-32)18-21-14-15-22-7-2-3-8-23(22)17-21/h2-3,5,7-8,10-11,14-15,17,24,26,36H,4,6,9,12-13,16,18-20,32H2,1H3,(H,33,39)(H,34,37)/t24-,26?/m1/s1. The first-order chi connectivity index (χ1) is 19.4. The van der Waals surface area contributed by atoms with Gasteiger partial charge in [-0.2, -0.15) is 0 Å². The average molecular weight is 547 g/mol. The van der Waals surface area contributed by atoms with Crippen molar-refractivity contribution in [2.45, 2.75) is 50.7 Å². The van der Waals surface area contributed by atoms with Gasteiger partial charge in [-0.05, 0) is 47.7 Å². The van der Waals surface area contributed by atoms with Crippen molar-refractivity contribution in [3.05, 3.63) is 71.8 Å². The van der Waals surface area contributed by atoms with E-state index in [4.69, 9.17) is 10.5 Å². The summed E-state index contributed by atoms with van der Waals surface area (Å²) in [6.45, 7) is 0.405. The van der Waals surface area contributed by atoms with Crippen LogP contribution in [-0.4, -0.2) is 61.7 Å². The minimum Gasteiger partial charge on any atom is -0.496 e. The molecule has 0 saturated carbocycles. The first-order valence-corrected chi connectivity index (χ1v) is 13.8. The summed E-state index contributed by atoms with van der Waals surface area (Å²) in [6.07, 6.45) is 1.94. The Kier molecular flexibility index (Phi) is 10.1. The highest BCUT2D eigenvalue weighted by molar-refractivity contribution is 5.95. The molecule has 0 radical (unpaired) electrons. The van der Waals surface area contributed by atoms with Gasteiger partial charge in [0.1, 0.15) is 11.8 Å². The van der Waals surface area contributed by atoms with Crippen molar-refractivity contribution >= 4 is 34.2 Å². The zero-order valence-corrected chi connectivity index (χ0v) is 22.9. The van der Waals surface area contributed by atoms with Crippen LogP contribution in [0.4, 0.5) is 5.69 Å². The highest BCUT2D eigenvalue weighted by atomic mass is 16.5. The van der Waals surface area contributed by atoms with Crippen LogP contribution in [0.3, 0.4) is 0 Å². The smallest absolute Gasteiger partial charge is 0.243 e. The van der Waals surface area contributed by atoms with Gasteiger partial charge in [-0.25, -0.2) is 0 Å². The van der Waals surface area contributed by atoms with Crippen LogP contribution in [0.2, 0.25) is 0 Å². The monoisotopic (exact) mass is 546 g/mol. The third kappa shape index (κ3) is 7.37. The molecule has 2 atom stereocenters. The van der Waals surface area contributed by atoms with Gasteiger partial charge in [-0.15, -0.1) is 0 Å². The normalized spacial score (nSPS) is 14.7. The van der Waals surface area contributed by atoms with Crippen molar-refractivity contribution in [1.29, 1.82) is 0 Å². The number of aliphatic hydroxyl groups is 1. The molecule has 9 heteroatoms. The lowest BCUT2D eigenvalue weighted by Gasteiger charge is -2.24. The van der Waals surface area contributed by atoms with Crippen molar-refractivity contribution in [1.82, 2.24) is 10.6 Å². The number of methoxy groups -OCH3 is 1. The van der Waals surface area contributed by atoms with Gasteiger partial charge < -0.3 is 31.1 Å².